The highest BCUT2D eigenvalue weighted by Crippen LogP contribution is 2.38. The van der Waals surface area contributed by atoms with Crippen LogP contribution in [0.4, 0.5) is 15.8 Å². The lowest BCUT2D eigenvalue weighted by atomic mass is 9.86. The molecule has 1 heterocycles. The fourth-order valence-electron chi connectivity index (χ4n) is 2.53. The number of carbonyl (C=O) groups excluding carboxylic acids is 2. The van der Waals surface area contributed by atoms with Gasteiger partial charge in [0.25, 0.3) is 5.91 Å². The van der Waals surface area contributed by atoms with Crippen molar-refractivity contribution in [3.05, 3.63) is 53.8 Å². The van der Waals surface area contributed by atoms with Gasteiger partial charge in [-0.1, -0.05) is 0 Å². The third-order valence-corrected chi connectivity index (χ3v) is 3.98. The molecule has 2 amide bonds. The zero-order chi connectivity index (χ0) is 17.3. The highest BCUT2D eigenvalue weighted by molar-refractivity contribution is 6.06. The van der Waals surface area contributed by atoms with E-state index in [1.165, 1.54) is 24.3 Å². The number of nitrogens with one attached hydrogen (secondary N) is 2. The molecule has 0 saturated carbocycles. The molecule has 0 unspecified atom stereocenters. The van der Waals surface area contributed by atoms with E-state index in [9.17, 15) is 14.0 Å². The van der Waals surface area contributed by atoms with Crippen LogP contribution in [0.15, 0.2) is 42.5 Å². The van der Waals surface area contributed by atoms with Crippen LogP contribution in [0.1, 0.15) is 19.4 Å². The second-order valence-corrected chi connectivity index (χ2v) is 6.13. The molecular formula is C18H17FN2O3. The maximum absolute atomic E-state index is 12.8. The van der Waals surface area contributed by atoms with Crippen molar-refractivity contribution in [2.45, 2.75) is 19.3 Å². The third kappa shape index (κ3) is 3.08. The SMILES string of the molecule is CC1(C)C(=O)Nc2ccc(NC(=O)COc3ccc(F)cc3)cc21. The van der Waals surface area contributed by atoms with Gasteiger partial charge in [0.1, 0.15) is 11.6 Å². The maximum Gasteiger partial charge on any atom is 0.262 e. The highest BCUT2D eigenvalue weighted by atomic mass is 19.1. The Labute approximate surface area is 138 Å². The van der Waals surface area contributed by atoms with E-state index in [1.54, 1.807) is 18.2 Å². The second kappa shape index (κ2) is 5.96. The van der Waals surface area contributed by atoms with Crippen molar-refractivity contribution >= 4 is 23.2 Å². The Morgan fingerprint density at radius 3 is 2.62 bits per heavy atom. The Balaban J connectivity index is 1.64. The number of anilines is 2. The summed E-state index contributed by atoms with van der Waals surface area (Å²) in [6, 6.07) is 10.7. The van der Waals surface area contributed by atoms with Gasteiger partial charge in [-0.2, -0.15) is 0 Å². The summed E-state index contributed by atoms with van der Waals surface area (Å²) in [7, 11) is 0. The average molecular weight is 328 g/mol. The van der Waals surface area contributed by atoms with Gasteiger partial charge in [-0.15, -0.1) is 0 Å². The normalized spacial score (nSPS) is 14.7. The lowest BCUT2D eigenvalue weighted by molar-refractivity contribution is -0.120. The topological polar surface area (TPSA) is 67.4 Å². The molecule has 0 bridgehead atoms. The molecule has 2 aromatic carbocycles. The summed E-state index contributed by atoms with van der Waals surface area (Å²) in [5, 5.41) is 5.54. The molecule has 0 spiro atoms. The molecule has 24 heavy (non-hydrogen) atoms. The Bertz CT molecular complexity index is 800. The molecule has 0 aliphatic carbocycles. The van der Waals surface area contributed by atoms with Crippen LogP contribution >= 0.6 is 0 Å². The van der Waals surface area contributed by atoms with Gasteiger partial charge in [-0.25, -0.2) is 4.39 Å². The quantitative estimate of drug-likeness (QED) is 0.906. The van der Waals surface area contributed by atoms with Crippen molar-refractivity contribution in [2.24, 2.45) is 0 Å². The Morgan fingerprint density at radius 1 is 1.21 bits per heavy atom. The van der Waals surface area contributed by atoms with Gasteiger partial charge in [-0.3, -0.25) is 9.59 Å². The van der Waals surface area contributed by atoms with Crippen molar-refractivity contribution in [1.29, 1.82) is 0 Å². The number of hydrogen-bond acceptors (Lipinski definition) is 3. The highest BCUT2D eigenvalue weighted by Gasteiger charge is 2.38. The van der Waals surface area contributed by atoms with Crippen LogP contribution in [0.25, 0.3) is 0 Å². The van der Waals surface area contributed by atoms with Crippen molar-refractivity contribution < 1.29 is 18.7 Å². The zero-order valence-corrected chi connectivity index (χ0v) is 13.4. The van der Waals surface area contributed by atoms with Gasteiger partial charge in [-0.05, 0) is 61.9 Å². The van der Waals surface area contributed by atoms with Crippen LogP contribution in [-0.2, 0) is 15.0 Å². The molecule has 0 fully saturated rings. The number of amides is 2. The van der Waals surface area contributed by atoms with E-state index in [1.807, 2.05) is 13.8 Å². The zero-order valence-electron chi connectivity index (χ0n) is 13.4. The van der Waals surface area contributed by atoms with Gasteiger partial charge < -0.3 is 15.4 Å². The van der Waals surface area contributed by atoms with E-state index in [2.05, 4.69) is 10.6 Å². The largest absolute Gasteiger partial charge is 0.484 e. The van der Waals surface area contributed by atoms with E-state index in [4.69, 9.17) is 4.74 Å². The lowest BCUT2D eigenvalue weighted by Crippen LogP contribution is -2.27. The number of fused-ring (bicyclic) bond motifs is 1. The van der Waals surface area contributed by atoms with Gasteiger partial charge >= 0.3 is 0 Å². The molecule has 0 radical (unpaired) electrons. The van der Waals surface area contributed by atoms with Crippen LogP contribution in [0, 0.1) is 5.82 Å². The van der Waals surface area contributed by atoms with Gasteiger partial charge in [0.2, 0.25) is 5.91 Å². The predicted molar refractivity (Wildman–Crippen MR) is 88.6 cm³/mol. The molecule has 0 saturated heterocycles. The first-order valence-electron chi connectivity index (χ1n) is 7.50. The fourth-order valence-corrected chi connectivity index (χ4v) is 2.53. The first-order valence-corrected chi connectivity index (χ1v) is 7.50. The molecule has 2 aromatic rings. The van der Waals surface area contributed by atoms with Crippen LogP contribution in [-0.4, -0.2) is 18.4 Å². The van der Waals surface area contributed by atoms with Crippen LogP contribution < -0.4 is 15.4 Å². The van der Waals surface area contributed by atoms with E-state index in [-0.39, 0.29) is 24.2 Å². The molecule has 1 aliphatic rings. The number of ether oxygens (including phenoxy) is 1. The summed E-state index contributed by atoms with van der Waals surface area (Å²) in [4.78, 5) is 23.9. The molecule has 124 valence electrons. The maximum atomic E-state index is 12.8. The Morgan fingerprint density at radius 2 is 1.92 bits per heavy atom. The van der Waals surface area contributed by atoms with Crippen molar-refractivity contribution in [3.8, 4) is 5.75 Å². The molecule has 3 rings (SSSR count). The van der Waals surface area contributed by atoms with E-state index in [0.29, 0.717) is 11.4 Å². The predicted octanol–water partition coefficient (Wildman–Crippen LogP) is 3.07. The molecule has 1 aliphatic heterocycles. The van der Waals surface area contributed by atoms with Crippen molar-refractivity contribution in [2.75, 3.05) is 17.2 Å². The third-order valence-electron chi connectivity index (χ3n) is 3.98. The van der Waals surface area contributed by atoms with Crippen LogP contribution in [0.3, 0.4) is 0 Å². The second-order valence-electron chi connectivity index (χ2n) is 6.13. The molecule has 0 atom stereocenters. The number of carbonyl (C=O) groups is 2. The van der Waals surface area contributed by atoms with Crippen molar-refractivity contribution in [3.63, 3.8) is 0 Å². The summed E-state index contributed by atoms with van der Waals surface area (Å²) in [5.74, 6) is -0.359. The molecule has 6 heteroatoms. The lowest BCUT2D eigenvalue weighted by Gasteiger charge is -2.16. The molecule has 5 nitrogen and oxygen atoms in total. The summed E-state index contributed by atoms with van der Waals surface area (Å²) in [6.45, 7) is 3.47. The number of rotatable bonds is 4. The average Bonchev–Trinajstić information content (AvgIpc) is 2.77. The fraction of sp³-hybridized carbons (Fsp3) is 0.222. The molecular weight excluding hydrogens is 311 g/mol. The summed E-state index contributed by atoms with van der Waals surface area (Å²) < 4.78 is 18.1. The van der Waals surface area contributed by atoms with Crippen molar-refractivity contribution in [1.82, 2.24) is 0 Å². The van der Waals surface area contributed by atoms with E-state index >= 15 is 0 Å². The number of hydrogen-bond donors (Lipinski definition) is 2. The Kier molecular flexibility index (Phi) is 3.97. The number of benzene rings is 2. The molecule has 2 N–H and O–H groups in total. The monoisotopic (exact) mass is 328 g/mol. The smallest absolute Gasteiger partial charge is 0.262 e. The molecule has 0 aromatic heterocycles. The number of halogens is 1. The summed E-state index contributed by atoms with van der Waals surface area (Å²) in [6.07, 6.45) is 0. The Hall–Kier alpha value is -2.89. The first-order chi connectivity index (χ1) is 11.4. The summed E-state index contributed by atoms with van der Waals surface area (Å²) in [5.41, 5.74) is 1.54. The standard InChI is InChI=1S/C18H17FN2O3/c1-18(2)14-9-12(5-8-15(14)21-17(18)23)20-16(22)10-24-13-6-3-11(19)4-7-13/h3-9H,10H2,1-2H3,(H,20,22)(H,21,23). The minimum Gasteiger partial charge on any atom is -0.484 e. The van der Waals surface area contributed by atoms with Gasteiger partial charge in [0, 0.05) is 11.4 Å². The minimum atomic E-state index is -0.638. The summed E-state index contributed by atoms with van der Waals surface area (Å²) >= 11 is 0. The van der Waals surface area contributed by atoms with Gasteiger partial charge in [0.15, 0.2) is 6.61 Å². The first kappa shape index (κ1) is 16.0. The van der Waals surface area contributed by atoms with E-state index in [0.717, 1.165) is 11.3 Å². The van der Waals surface area contributed by atoms with Crippen LogP contribution in [0.5, 0.6) is 5.75 Å². The van der Waals surface area contributed by atoms with E-state index < -0.39 is 5.41 Å². The van der Waals surface area contributed by atoms with Crippen LogP contribution in [0.2, 0.25) is 0 Å². The van der Waals surface area contributed by atoms with Gasteiger partial charge in [0.05, 0.1) is 5.41 Å². The minimum absolute atomic E-state index is 0.0689.